The molecular formula is C16H25ClN2O4S. The van der Waals surface area contributed by atoms with Crippen LogP contribution in [0.1, 0.15) is 23.7 Å². The molecule has 6 nitrogen and oxygen atoms in total. The molecule has 2 N–H and O–H groups in total. The molecule has 0 radical (unpaired) electrons. The molecule has 1 saturated heterocycles. The minimum absolute atomic E-state index is 0. The third kappa shape index (κ3) is 4.69. The van der Waals surface area contributed by atoms with Crippen LogP contribution in [0, 0.1) is 5.41 Å². The van der Waals surface area contributed by atoms with Gasteiger partial charge in [-0.15, -0.1) is 12.4 Å². The Morgan fingerprint density at radius 2 is 1.96 bits per heavy atom. The lowest BCUT2D eigenvalue weighted by molar-refractivity contribution is 0.0777. The van der Waals surface area contributed by atoms with Crippen molar-refractivity contribution in [3.8, 4) is 0 Å². The molecule has 1 heterocycles. The van der Waals surface area contributed by atoms with Gasteiger partial charge in [0.05, 0.1) is 17.3 Å². The van der Waals surface area contributed by atoms with E-state index in [1.807, 2.05) is 0 Å². The number of likely N-dealkylation sites (tertiary alicyclic amines) is 1. The highest BCUT2D eigenvalue weighted by Gasteiger charge is 2.35. The van der Waals surface area contributed by atoms with Crippen LogP contribution < -0.4 is 5.73 Å². The minimum atomic E-state index is -3.37. The molecule has 1 aliphatic rings. The van der Waals surface area contributed by atoms with Gasteiger partial charge >= 0.3 is 0 Å². The number of carbonyl (C=O) groups is 1. The van der Waals surface area contributed by atoms with Gasteiger partial charge in [0.2, 0.25) is 0 Å². The Morgan fingerprint density at radius 3 is 2.46 bits per heavy atom. The normalized spacial score (nSPS) is 20.7. The first-order valence-corrected chi connectivity index (χ1v) is 9.28. The van der Waals surface area contributed by atoms with E-state index in [0.717, 1.165) is 6.42 Å². The van der Waals surface area contributed by atoms with Crippen molar-refractivity contribution in [1.82, 2.24) is 4.90 Å². The van der Waals surface area contributed by atoms with Gasteiger partial charge in [-0.1, -0.05) is 6.92 Å². The number of nitrogens with zero attached hydrogens (tertiary/aromatic N) is 1. The average Bonchev–Trinajstić information content (AvgIpc) is 2.95. The standard InChI is InChI=1S/C16H24N2O4S.ClH/c1-16(11-17)7-8-18(12-16)15(19)13-3-5-14(6-4-13)23(20,21)10-9-22-2;/h3-6H,7-12,17H2,1-2H3;1H. The van der Waals surface area contributed by atoms with Gasteiger partial charge in [0.1, 0.15) is 0 Å². The SMILES string of the molecule is COCCS(=O)(=O)c1ccc(C(=O)N2CCC(C)(CN)C2)cc1.Cl. The molecule has 0 aromatic heterocycles. The van der Waals surface area contributed by atoms with Crippen LogP contribution in [0.5, 0.6) is 0 Å². The molecule has 1 atom stereocenters. The fourth-order valence-corrected chi connectivity index (χ4v) is 3.83. The first-order valence-electron chi connectivity index (χ1n) is 7.62. The fourth-order valence-electron chi connectivity index (χ4n) is 2.66. The summed E-state index contributed by atoms with van der Waals surface area (Å²) in [5.41, 5.74) is 6.23. The number of halogens is 1. The number of amides is 1. The lowest BCUT2D eigenvalue weighted by atomic mass is 9.90. The molecule has 0 saturated carbocycles. The van der Waals surface area contributed by atoms with Gasteiger partial charge in [-0.25, -0.2) is 8.42 Å². The van der Waals surface area contributed by atoms with Crippen molar-refractivity contribution >= 4 is 28.2 Å². The smallest absolute Gasteiger partial charge is 0.253 e. The van der Waals surface area contributed by atoms with Gasteiger partial charge in [0.15, 0.2) is 9.84 Å². The zero-order valence-electron chi connectivity index (χ0n) is 14.0. The van der Waals surface area contributed by atoms with Gasteiger partial charge in [0.25, 0.3) is 5.91 Å². The van der Waals surface area contributed by atoms with E-state index in [1.165, 1.54) is 19.2 Å². The summed E-state index contributed by atoms with van der Waals surface area (Å²) < 4.78 is 28.9. The quantitative estimate of drug-likeness (QED) is 0.809. The molecule has 0 aliphatic carbocycles. The van der Waals surface area contributed by atoms with Crippen molar-refractivity contribution in [1.29, 1.82) is 0 Å². The van der Waals surface area contributed by atoms with Gasteiger partial charge in [-0.05, 0) is 42.6 Å². The largest absolute Gasteiger partial charge is 0.384 e. The van der Waals surface area contributed by atoms with Crippen molar-refractivity contribution in [3.63, 3.8) is 0 Å². The maximum absolute atomic E-state index is 12.5. The van der Waals surface area contributed by atoms with Crippen molar-refractivity contribution < 1.29 is 17.9 Å². The first-order chi connectivity index (χ1) is 10.8. The number of sulfone groups is 1. The first kappa shape index (κ1) is 20.9. The Hall–Kier alpha value is -1.15. The molecule has 1 unspecified atom stereocenters. The maximum atomic E-state index is 12.5. The van der Waals surface area contributed by atoms with Crippen molar-refractivity contribution in [2.24, 2.45) is 11.1 Å². The van der Waals surface area contributed by atoms with Crippen LogP contribution in [0.2, 0.25) is 0 Å². The Kier molecular flexibility index (Phi) is 7.22. The summed E-state index contributed by atoms with van der Waals surface area (Å²) >= 11 is 0. The second-order valence-corrected chi connectivity index (χ2v) is 8.44. The van der Waals surface area contributed by atoms with E-state index in [0.29, 0.717) is 25.2 Å². The van der Waals surface area contributed by atoms with E-state index >= 15 is 0 Å². The Labute approximate surface area is 149 Å². The molecule has 8 heteroatoms. The van der Waals surface area contributed by atoms with Gasteiger partial charge < -0.3 is 15.4 Å². The molecule has 0 bridgehead atoms. The summed E-state index contributed by atoms with van der Waals surface area (Å²) in [4.78, 5) is 14.5. The summed E-state index contributed by atoms with van der Waals surface area (Å²) in [7, 11) is -1.91. The minimum Gasteiger partial charge on any atom is -0.384 e. The summed E-state index contributed by atoms with van der Waals surface area (Å²) in [5.74, 6) is -0.152. The van der Waals surface area contributed by atoms with E-state index in [2.05, 4.69) is 6.92 Å². The lowest BCUT2D eigenvalue weighted by Crippen LogP contribution is -2.34. The predicted octanol–water partition coefficient (Wildman–Crippen LogP) is 1.34. The van der Waals surface area contributed by atoms with Crippen molar-refractivity contribution in [3.05, 3.63) is 29.8 Å². The summed E-state index contributed by atoms with van der Waals surface area (Å²) in [5, 5.41) is 0. The van der Waals surface area contributed by atoms with Crippen molar-refractivity contribution in [2.75, 3.05) is 39.1 Å². The summed E-state index contributed by atoms with van der Waals surface area (Å²) in [6.07, 6.45) is 0.888. The molecule has 1 fully saturated rings. The number of ether oxygens (including phenoxy) is 1. The van der Waals surface area contributed by atoms with E-state index in [1.54, 1.807) is 17.0 Å². The Balaban J connectivity index is 0.00000288. The number of hydrogen-bond donors (Lipinski definition) is 1. The van der Waals surface area contributed by atoms with Crippen LogP contribution in [0.25, 0.3) is 0 Å². The highest BCUT2D eigenvalue weighted by Crippen LogP contribution is 2.29. The molecule has 0 spiro atoms. The van der Waals surface area contributed by atoms with Crippen LogP contribution in [0.3, 0.4) is 0 Å². The topological polar surface area (TPSA) is 89.7 Å². The molecule has 1 aliphatic heterocycles. The molecule has 1 amide bonds. The van der Waals surface area contributed by atoms with Crippen LogP contribution in [0.4, 0.5) is 0 Å². The second kappa shape index (κ2) is 8.29. The molecule has 1 aromatic rings. The van der Waals surface area contributed by atoms with Crippen LogP contribution in [0.15, 0.2) is 29.2 Å². The van der Waals surface area contributed by atoms with E-state index in [4.69, 9.17) is 10.5 Å². The van der Waals surface area contributed by atoms with Gasteiger partial charge in [0, 0.05) is 25.8 Å². The second-order valence-electron chi connectivity index (χ2n) is 6.33. The zero-order chi connectivity index (χ0) is 17.1. The number of methoxy groups -OCH3 is 1. The van der Waals surface area contributed by atoms with Crippen LogP contribution in [-0.2, 0) is 14.6 Å². The third-order valence-corrected chi connectivity index (χ3v) is 6.05. The summed E-state index contributed by atoms with van der Waals surface area (Å²) in [6.45, 7) is 4.09. The maximum Gasteiger partial charge on any atom is 0.253 e. The average molecular weight is 377 g/mol. The monoisotopic (exact) mass is 376 g/mol. The molecule has 24 heavy (non-hydrogen) atoms. The number of hydrogen-bond acceptors (Lipinski definition) is 5. The number of carbonyl (C=O) groups excluding carboxylic acids is 1. The highest BCUT2D eigenvalue weighted by molar-refractivity contribution is 7.91. The Morgan fingerprint density at radius 1 is 1.33 bits per heavy atom. The number of nitrogens with two attached hydrogens (primary N) is 1. The highest BCUT2D eigenvalue weighted by atomic mass is 35.5. The fraction of sp³-hybridized carbons (Fsp3) is 0.562. The lowest BCUT2D eigenvalue weighted by Gasteiger charge is -2.22. The molecular weight excluding hydrogens is 352 g/mol. The van der Waals surface area contributed by atoms with Crippen LogP contribution >= 0.6 is 12.4 Å². The van der Waals surface area contributed by atoms with E-state index < -0.39 is 9.84 Å². The van der Waals surface area contributed by atoms with Crippen molar-refractivity contribution in [2.45, 2.75) is 18.2 Å². The Bertz CT molecular complexity index is 663. The third-order valence-electron chi connectivity index (χ3n) is 4.35. The van der Waals surface area contributed by atoms with Crippen LogP contribution in [-0.4, -0.2) is 58.3 Å². The number of rotatable bonds is 6. The van der Waals surface area contributed by atoms with E-state index in [-0.39, 0.29) is 41.0 Å². The van der Waals surface area contributed by atoms with Gasteiger partial charge in [-0.3, -0.25) is 4.79 Å². The van der Waals surface area contributed by atoms with Gasteiger partial charge in [-0.2, -0.15) is 0 Å². The number of benzene rings is 1. The predicted molar refractivity (Wildman–Crippen MR) is 95.3 cm³/mol. The molecule has 1 aromatic carbocycles. The summed E-state index contributed by atoms with van der Waals surface area (Å²) in [6, 6.07) is 6.10. The van der Waals surface area contributed by atoms with E-state index in [9.17, 15) is 13.2 Å². The zero-order valence-corrected chi connectivity index (χ0v) is 15.7. The molecule has 136 valence electrons. The molecule has 2 rings (SSSR count).